The van der Waals surface area contributed by atoms with Gasteiger partial charge in [0.1, 0.15) is 0 Å². The molecule has 1 rings (SSSR count). The van der Waals surface area contributed by atoms with Gasteiger partial charge in [0.25, 0.3) is 0 Å². The highest BCUT2D eigenvalue weighted by molar-refractivity contribution is 5.89. The Kier molecular flexibility index (Phi) is 6.26. The Hall–Kier alpha value is -1.35. The summed E-state index contributed by atoms with van der Waals surface area (Å²) in [6, 6.07) is 8.91. The van der Waals surface area contributed by atoms with E-state index in [0.717, 1.165) is 19.3 Å². The zero-order valence-corrected chi connectivity index (χ0v) is 9.65. The molecule has 0 saturated heterocycles. The van der Waals surface area contributed by atoms with Crippen molar-refractivity contribution in [2.75, 3.05) is 13.4 Å². The van der Waals surface area contributed by atoms with Crippen molar-refractivity contribution >= 4 is 5.97 Å². The van der Waals surface area contributed by atoms with Crippen molar-refractivity contribution in [3.63, 3.8) is 0 Å². The Balaban J connectivity index is 2.12. The van der Waals surface area contributed by atoms with Crippen LogP contribution in [0.1, 0.15) is 36.5 Å². The van der Waals surface area contributed by atoms with Crippen molar-refractivity contribution in [1.82, 2.24) is 0 Å². The maximum absolute atomic E-state index is 11.4. The third-order valence-electron chi connectivity index (χ3n) is 2.18. The van der Waals surface area contributed by atoms with E-state index >= 15 is 0 Å². The number of carbonyl (C=O) groups is 1. The number of hydrogen-bond acceptors (Lipinski definition) is 3. The number of carbonyl (C=O) groups excluding carboxylic acids is 1. The number of ether oxygens (including phenoxy) is 2. The van der Waals surface area contributed by atoms with E-state index in [2.05, 4.69) is 6.92 Å². The van der Waals surface area contributed by atoms with Gasteiger partial charge in [0, 0.05) is 0 Å². The predicted octanol–water partition coefficient (Wildman–Crippen LogP) is 3.01. The quantitative estimate of drug-likeness (QED) is 0.404. The first-order valence-electron chi connectivity index (χ1n) is 5.64. The van der Waals surface area contributed by atoms with Gasteiger partial charge >= 0.3 is 5.97 Å². The van der Waals surface area contributed by atoms with Crippen LogP contribution < -0.4 is 0 Å². The summed E-state index contributed by atoms with van der Waals surface area (Å²) in [6.07, 6.45) is 3.32. The molecule has 0 unspecified atom stereocenters. The summed E-state index contributed by atoms with van der Waals surface area (Å²) in [5, 5.41) is 0. The van der Waals surface area contributed by atoms with Crippen LogP contribution in [0.15, 0.2) is 30.3 Å². The summed E-state index contributed by atoms with van der Waals surface area (Å²) in [6.45, 7) is 2.82. The molecule has 0 bridgehead atoms. The molecule has 0 amide bonds. The van der Waals surface area contributed by atoms with E-state index in [-0.39, 0.29) is 12.8 Å². The number of unbranched alkanes of at least 4 members (excludes halogenated alkanes) is 2. The van der Waals surface area contributed by atoms with Crippen LogP contribution in [0.25, 0.3) is 0 Å². The monoisotopic (exact) mass is 222 g/mol. The highest BCUT2D eigenvalue weighted by atomic mass is 16.7. The highest BCUT2D eigenvalue weighted by Gasteiger charge is 2.04. The van der Waals surface area contributed by atoms with Gasteiger partial charge in [0.15, 0.2) is 6.79 Å². The SMILES string of the molecule is CCCCCOCOC(=O)c1ccccc1. The molecule has 0 aromatic heterocycles. The van der Waals surface area contributed by atoms with Crippen molar-refractivity contribution < 1.29 is 14.3 Å². The molecule has 3 heteroatoms. The Morgan fingerprint density at radius 2 is 1.94 bits per heavy atom. The van der Waals surface area contributed by atoms with E-state index in [4.69, 9.17) is 9.47 Å². The summed E-state index contributed by atoms with van der Waals surface area (Å²) in [4.78, 5) is 11.4. The fourth-order valence-corrected chi connectivity index (χ4v) is 1.27. The van der Waals surface area contributed by atoms with Gasteiger partial charge in [-0.05, 0) is 18.6 Å². The number of esters is 1. The smallest absolute Gasteiger partial charge is 0.340 e. The summed E-state index contributed by atoms with van der Waals surface area (Å²) in [5.74, 6) is -0.337. The Morgan fingerprint density at radius 3 is 2.62 bits per heavy atom. The van der Waals surface area contributed by atoms with Crippen molar-refractivity contribution in [3.05, 3.63) is 35.9 Å². The van der Waals surface area contributed by atoms with Crippen molar-refractivity contribution in [1.29, 1.82) is 0 Å². The zero-order valence-electron chi connectivity index (χ0n) is 9.65. The second-order valence-electron chi connectivity index (χ2n) is 3.53. The van der Waals surface area contributed by atoms with Crippen LogP contribution in [0.2, 0.25) is 0 Å². The normalized spacial score (nSPS) is 10.1. The lowest BCUT2D eigenvalue weighted by atomic mass is 10.2. The molecule has 0 radical (unpaired) electrons. The summed E-state index contributed by atoms with van der Waals surface area (Å²) in [5.41, 5.74) is 0.555. The lowest BCUT2D eigenvalue weighted by molar-refractivity contribution is -0.0322. The van der Waals surface area contributed by atoms with E-state index in [0.29, 0.717) is 12.2 Å². The molecule has 16 heavy (non-hydrogen) atoms. The lowest BCUT2D eigenvalue weighted by Gasteiger charge is -2.05. The first kappa shape index (κ1) is 12.7. The maximum atomic E-state index is 11.4. The van der Waals surface area contributed by atoms with Crippen LogP contribution in [0.3, 0.4) is 0 Å². The van der Waals surface area contributed by atoms with Gasteiger partial charge in [0.2, 0.25) is 0 Å². The van der Waals surface area contributed by atoms with Crippen LogP contribution in [-0.2, 0) is 9.47 Å². The summed E-state index contributed by atoms with van der Waals surface area (Å²) in [7, 11) is 0. The molecule has 88 valence electrons. The van der Waals surface area contributed by atoms with Crippen LogP contribution in [-0.4, -0.2) is 19.4 Å². The van der Waals surface area contributed by atoms with E-state index in [1.54, 1.807) is 24.3 Å². The maximum Gasteiger partial charge on any atom is 0.340 e. The minimum absolute atomic E-state index is 0.0391. The van der Waals surface area contributed by atoms with E-state index in [1.165, 1.54) is 0 Å². The average Bonchev–Trinajstić information content (AvgIpc) is 2.34. The molecule has 0 heterocycles. The first-order valence-corrected chi connectivity index (χ1v) is 5.64. The Labute approximate surface area is 96.4 Å². The third-order valence-corrected chi connectivity index (χ3v) is 2.18. The van der Waals surface area contributed by atoms with E-state index in [1.807, 2.05) is 6.07 Å². The van der Waals surface area contributed by atoms with Gasteiger partial charge in [-0.2, -0.15) is 0 Å². The fraction of sp³-hybridized carbons (Fsp3) is 0.462. The molecule has 0 saturated carbocycles. The van der Waals surface area contributed by atoms with Gasteiger partial charge in [-0.1, -0.05) is 38.0 Å². The predicted molar refractivity (Wildman–Crippen MR) is 62.2 cm³/mol. The van der Waals surface area contributed by atoms with Crippen molar-refractivity contribution in [3.8, 4) is 0 Å². The first-order chi connectivity index (χ1) is 7.84. The van der Waals surface area contributed by atoms with Gasteiger partial charge in [0.05, 0.1) is 12.2 Å². The molecule has 3 nitrogen and oxygen atoms in total. The molecule has 0 aliphatic carbocycles. The Bertz CT molecular complexity index is 295. The van der Waals surface area contributed by atoms with Gasteiger partial charge in [-0.25, -0.2) is 4.79 Å². The third kappa shape index (κ3) is 4.94. The van der Waals surface area contributed by atoms with Gasteiger partial charge in [-0.3, -0.25) is 0 Å². The fourth-order valence-electron chi connectivity index (χ4n) is 1.27. The molecule has 0 atom stereocenters. The van der Waals surface area contributed by atoms with Crippen LogP contribution in [0.4, 0.5) is 0 Å². The molecule has 0 aliphatic rings. The number of rotatable bonds is 7. The summed E-state index contributed by atoms with van der Waals surface area (Å²) >= 11 is 0. The highest BCUT2D eigenvalue weighted by Crippen LogP contribution is 2.01. The molecule has 1 aromatic rings. The second kappa shape index (κ2) is 7.88. The van der Waals surface area contributed by atoms with Crippen molar-refractivity contribution in [2.24, 2.45) is 0 Å². The second-order valence-corrected chi connectivity index (χ2v) is 3.53. The van der Waals surface area contributed by atoms with Gasteiger partial charge in [-0.15, -0.1) is 0 Å². The minimum Gasteiger partial charge on any atom is -0.435 e. The van der Waals surface area contributed by atoms with Crippen LogP contribution in [0, 0.1) is 0 Å². The zero-order chi connectivity index (χ0) is 11.6. The summed E-state index contributed by atoms with van der Waals surface area (Å²) < 4.78 is 10.1. The molecular weight excluding hydrogens is 204 g/mol. The molecule has 0 aliphatic heterocycles. The number of benzene rings is 1. The molecule has 0 fully saturated rings. The molecule has 0 N–H and O–H groups in total. The molecular formula is C13H18O3. The Morgan fingerprint density at radius 1 is 1.19 bits per heavy atom. The standard InChI is InChI=1S/C13H18O3/c1-2-3-7-10-15-11-16-13(14)12-8-5-4-6-9-12/h4-6,8-9H,2-3,7,10-11H2,1H3. The van der Waals surface area contributed by atoms with Gasteiger partial charge < -0.3 is 9.47 Å². The topological polar surface area (TPSA) is 35.5 Å². The van der Waals surface area contributed by atoms with E-state index < -0.39 is 0 Å². The van der Waals surface area contributed by atoms with E-state index in [9.17, 15) is 4.79 Å². The lowest BCUT2D eigenvalue weighted by Crippen LogP contribution is -2.09. The van der Waals surface area contributed by atoms with Crippen LogP contribution >= 0.6 is 0 Å². The van der Waals surface area contributed by atoms with Crippen molar-refractivity contribution in [2.45, 2.75) is 26.2 Å². The van der Waals surface area contributed by atoms with Crippen LogP contribution in [0.5, 0.6) is 0 Å². The minimum atomic E-state index is -0.337. The number of hydrogen-bond donors (Lipinski definition) is 0. The molecule has 1 aromatic carbocycles. The average molecular weight is 222 g/mol. The molecule has 0 spiro atoms. The largest absolute Gasteiger partial charge is 0.435 e.